The molecule has 4 nitrogen and oxygen atoms in total. The molecule has 4 rings (SSSR count). The maximum atomic E-state index is 12.5. The van der Waals surface area contributed by atoms with E-state index in [1.807, 2.05) is 36.4 Å². The second-order valence-corrected chi connectivity index (χ2v) is 7.14. The zero-order valence-corrected chi connectivity index (χ0v) is 15.8. The molecular weight excluding hydrogens is 392 g/mol. The molecule has 0 atom stereocenters. The Hall–Kier alpha value is -2.66. The highest BCUT2D eigenvalue weighted by atomic mass is 79.9. The maximum Gasteiger partial charge on any atom is 0.265 e. The van der Waals surface area contributed by atoms with Crippen LogP contribution in [0.1, 0.15) is 24.5 Å². The zero-order valence-electron chi connectivity index (χ0n) is 14.2. The lowest BCUT2D eigenvalue weighted by Crippen LogP contribution is -2.22. The summed E-state index contributed by atoms with van der Waals surface area (Å²) in [6.07, 6.45) is 2.01. The van der Waals surface area contributed by atoms with Crippen molar-refractivity contribution in [2.75, 3.05) is 0 Å². The van der Waals surface area contributed by atoms with Gasteiger partial charge in [-0.15, -0.1) is 0 Å². The van der Waals surface area contributed by atoms with Crippen LogP contribution in [0.25, 0.3) is 27.7 Å². The summed E-state index contributed by atoms with van der Waals surface area (Å²) in [5, 5.41) is 3.33. The first kappa shape index (κ1) is 16.8. The summed E-state index contributed by atoms with van der Waals surface area (Å²) in [4.78, 5) is 27.9. The molecule has 2 amide bonds. The van der Waals surface area contributed by atoms with E-state index in [-0.39, 0.29) is 10.4 Å². The van der Waals surface area contributed by atoms with Crippen LogP contribution in [0, 0.1) is 0 Å². The van der Waals surface area contributed by atoms with Gasteiger partial charge in [0.25, 0.3) is 11.8 Å². The molecule has 0 saturated heterocycles. The van der Waals surface area contributed by atoms with Crippen molar-refractivity contribution in [1.82, 2.24) is 10.3 Å². The van der Waals surface area contributed by atoms with Gasteiger partial charge in [0.1, 0.15) is 0 Å². The lowest BCUT2D eigenvalue weighted by Gasteiger charge is -2.06. The van der Waals surface area contributed by atoms with E-state index in [0.29, 0.717) is 5.57 Å². The number of hydrogen-bond acceptors (Lipinski definition) is 2. The van der Waals surface area contributed by atoms with Crippen molar-refractivity contribution in [3.63, 3.8) is 0 Å². The minimum absolute atomic E-state index is 0.279. The number of fused-ring (bicyclic) bond motifs is 1. The number of H-pyrrole nitrogens is 1. The lowest BCUT2D eigenvalue weighted by molar-refractivity contribution is -0.123. The Bertz CT molecular complexity index is 1060. The molecule has 26 heavy (non-hydrogen) atoms. The van der Waals surface area contributed by atoms with E-state index in [1.165, 1.54) is 5.56 Å². The summed E-state index contributed by atoms with van der Waals surface area (Å²) >= 11 is 3.31. The normalized spacial score (nSPS) is 14.4. The first-order chi connectivity index (χ1) is 12.6. The van der Waals surface area contributed by atoms with Crippen molar-refractivity contribution in [1.29, 1.82) is 0 Å². The van der Waals surface area contributed by atoms with Gasteiger partial charge in [0, 0.05) is 16.5 Å². The van der Waals surface area contributed by atoms with Crippen LogP contribution in [0.2, 0.25) is 0 Å². The fourth-order valence-electron chi connectivity index (χ4n) is 3.42. The fraction of sp³-hybridized carbons (Fsp3) is 0.143. The molecule has 3 aromatic rings. The van der Waals surface area contributed by atoms with E-state index in [9.17, 15) is 9.59 Å². The predicted octanol–water partition coefficient (Wildman–Crippen LogP) is 4.55. The van der Waals surface area contributed by atoms with Gasteiger partial charge >= 0.3 is 0 Å². The van der Waals surface area contributed by atoms with E-state index in [1.54, 1.807) is 0 Å². The van der Waals surface area contributed by atoms with Crippen molar-refractivity contribution in [3.8, 4) is 11.3 Å². The first-order valence-corrected chi connectivity index (χ1v) is 9.35. The number of benzene rings is 2. The molecule has 0 radical (unpaired) electrons. The number of aromatic amines is 1. The van der Waals surface area contributed by atoms with Crippen molar-refractivity contribution < 1.29 is 9.59 Å². The number of hydrogen-bond donors (Lipinski definition) is 2. The van der Waals surface area contributed by atoms with Gasteiger partial charge in [-0.1, -0.05) is 49.7 Å². The summed E-state index contributed by atoms with van der Waals surface area (Å²) in [5.41, 5.74) is 5.11. The summed E-state index contributed by atoms with van der Waals surface area (Å²) in [6.45, 7) is 2.14. The molecule has 2 heterocycles. The second kappa shape index (κ2) is 6.57. The number of nitrogens with one attached hydrogen (secondary N) is 2. The van der Waals surface area contributed by atoms with E-state index in [2.05, 4.69) is 45.3 Å². The number of aryl methyl sites for hydroxylation is 1. The molecule has 0 spiro atoms. The molecule has 0 saturated carbocycles. The number of aromatic nitrogens is 1. The minimum Gasteiger partial charge on any atom is -0.354 e. The standard InChI is InChI=1S/C21H17BrN2O2/c1-2-6-12-9-10-15-14(11-12)16(17-18(22)21(26)24-20(17)25)19(23-15)13-7-4-3-5-8-13/h3-5,7-11,23H,2,6H2,1H3,(H,24,25,26). The highest BCUT2D eigenvalue weighted by molar-refractivity contribution is 9.12. The number of carbonyl (C=O) groups is 2. The molecule has 2 N–H and O–H groups in total. The molecule has 0 unspecified atom stereocenters. The van der Waals surface area contributed by atoms with Crippen LogP contribution >= 0.6 is 15.9 Å². The first-order valence-electron chi connectivity index (χ1n) is 8.56. The SMILES string of the molecule is CCCc1ccc2[nH]c(-c3ccccc3)c(C3=C(Br)C(=O)NC3=O)c2c1. The summed E-state index contributed by atoms with van der Waals surface area (Å²) < 4.78 is 0.279. The Balaban J connectivity index is 2.06. The molecule has 0 fully saturated rings. The molecular formula is C21H17BrN2O2. The molecule has 1 aromatic heterocycles. The zero-order chi connectivity index (χ0) is 18.3. The third kappa shape index (κ3) is 2.69. The van der Waals surface area contributed by atoms with E-state index >= 15 is 0 Å². The number of imide groups is 1. The summed E-state index contributed by atoms with van der Waals surface area (Å²) in [5.74, 6) is -0.774. The maximum absolute atomic E-state index is 12.5. The third-order valence-corrected chi connectivity index (χ3v) is 5.34. The van der Waals surface area contributed by atoms with Crippen molar-refractivity contribution in [2.45, 2.75) is 19.8 Å². The molecule has 0 bridgehead atoms. The predicted molar refractivity (Wildman–Crippen MR) is 107 cm³/mol. The number of rotatable bonds is 4. The van der Waals surface area contributed by atoms with E-state index in [0.717, 1.165) is 40.6 Å². The van der Waals surface area contributed by atoms with Gasteiger partial charge < -0.3 is 4.98 Å². The number of halogens is 1. The van der Waals surface area contributed by atoms with Crippen molar-refractivity contribution >= 4 is 44.2 Å². The van der Waals surface area contributed by atoms with Gasteiger partial charge in [-0.25, -0.2) is 0 Å². The number of amides is 2. The van der Waals surface area contributed by atoms with Crippen molar-refractivity contribution in [3.05, 3.63) is 64.1 Å². The van der Waals surface area contributed by atoms with Gasteiger partial charge in [0.2, 0.25) is 0 Å². The van der Waals surface area contributed by atoms with Crippen LogP contribution in [0.3, 0.4) is 0 Å². The largest absolute Gasteiger partial charge is 0.354 e. The van der Waals surface area contributed by atoms with E-state index in [4.69, 9.17) is 0 Å². The van der Waals surface area contributed by atoms with Gasteiger partial charge in [0.15, 0.2) is 0 Å². The molecule has 0 aliphatic carbocycles. The average Bonchev–Trinajstić information content (AvgIpc) is 3.13. The monoisotopic (exact) mass is 408 g/mol. The average molecular weight is 409 g/mol. The second-order valence-electron chi connectivity index (χ2n) is 6.34. The van der Waals surface area contributed by atoms with Crippen LogP contribution in [-0.2, 0) is 16.0 Å². The van der Waals surface area contributed by atoms with Gasteiger partial charge in [0.05, 0.1) is 15.7 Å². The van der Waals surface area contributed by atoms with Crippen LogP contribution in [-0.4, -0.2) is 16.8 Å². The van der Waals surface area contributed by atoms with Crippen LogP contribution < -0.4 is 5.32 Å². The molecule has 1 aliphatic rings. The van der Waals surface area contributed by atoms with Crippen LogP contribution in [0.15, 0.2) is 53.0 Å². The Morgan fingerprint density at radius 2 is 1.77 bits per heavy atom. The third-order valence-electron chi connectivity index (χ3n) is 4.59. The lowest BCUT2D eigenvalue weighted by atomic mass is 9.97. The van der Waals surface area contributed by atoms with E-state index < -0.39 is 5.91 Å². The fourth-order valence-corrected chi connectivity index (χ4v) is 3.90. The van der Waals surface area contributed by atoms with Gasteiger partial charge in [-0.3, -0.25) is 14.9 Å². The Kier molecular flexibility index (Phi) is 4.24. The Morgan fingerprint density at radius 1 is 1.00 bits per heavy atom. The molecule has 5 heteroatoms. The smallest absolute Gasteiger partial charge is 0.265 e. The molecule has 1 aliphatic heterocycles. The van der Waals surface area contributed by atoms with Crippen molar-refractivity contribution in [2.24, 2.45) is 0 Å². The molecule has 2 aromatic carbocycles. The minimum atomic E-state index is -0.400. The Morgan fingerprint density at radius 3 is 2.42 bits per heavy atom. The highest BCUT2D eigenvalue weighted by Crippen LogP contribution is 2.40. The molecule has 130 valence electrons. The van der Waals surface area contributed by atoms with Crippen LogP contribution in [0.4, 0.5) is 0 Å². The van der Waals surface area contributed by atoms with Gasteiger partial charge in [-0.05, 0) is 45.6 Å². The topological polar surface area (TPSA) is 62.0 Å². The van der Waals surface area contributed by atoms with Crippen LogP contribution in [0.5, 0.6) is 0 Å². The summed E-state index contributed by atoms with van der Waals surface area (Å²) in [7, 11) is 0. The Labute approximate surface area is 159 Å². The number of carbonyl (C=O) groups excluding carboxylic acids is 2. The quantitative estimate of drug-likeness (QED) is 0.621. The van der Waals surface area contributed by atoms with Gasteiger partial charge in [-0.2, -0.15) is 0 Å². The highest BCUT2D eigenvalue weighted by Gasteiger charge is 2.33. The summed E-state index contributed by atoms with van der Waals surface area (Å²) in [6, 6.07) is 16.1.